The molecule has 1 aliphatic carbocycles. The number of benzene rings is 1. The highest BCUT2D eigenvalue weighted by Crippen LogP contribution is 2.47. The van der Waals surface area contributed by atoms with Crippen molar-refractivity contribution in [3.63, 3.8) is 0 Å². The van der Waals surface area contributed by atoms with Crippen LogP contribution < -0.4 is 10.6 Å². The third-order valence-electron chi connectivity index (χ3n) is 4.64. The molecule has 0 amide bonds. The van der Waals surface area contributed by atoms with Crippen molar-refractivity contribution in [1.29, 1.82) is 0 Å². The van der Waals surface area contributed by atoms with Crippen molar-refractivity contribution in [2.24, 2.45) is 5.41 Å². The quantitative estimate of drug-likeness (QED) is 0.750. The Morgan fingerprint density at radius 2 is 1.71 bits per heavy atom. The van der Waals surface area contributed by atoms with E-state index < -0.39 is 0 Å². The van der Waals surface area contributed by atoms with E-state index in [1.807, 2.05) is 0 Å². The van der Waals surface area contributed by atoms with E-state index in [1.165, 1.54) is 55.6 Å². The van der Waals surface area contributed by atoms with Gasteiger partial charge in [0.2, 0.25) is 0 Å². The van der Waals surface area contributed by atoms with Gasteiger partial charge in [-0.3, -0.25) is 0 Å². The lowest BCUT2D eigenvalue weighted by Crippen LogP contribution is -2.55. The molecule has 1 spiro atoms. The van der Waals surface area contributed by atoms with Crippen LogP contribution in [-0.4, -0.2) is 13.1 Å². The van der Waals surface area contributed by atoms with Crippen LogP contribution in [0.5, 0.6) is 0 Å². The predicted molar refractivity (Wildman–Crippen MR) is 73.4 cm³/mol. The molecule has 1 saturated heterocycles. The summed E-state index contributed by atoms with van der Waals surface area (Å²) in [6.07, 6.45) is 5.76. The van der Waals surface area contributed by atoms with E-state index in [1.54, 1.807) is 0 Å². The van der Waals surface area contributed by atoms with E-state index in [-0.39, 0.29) is 0 Å². The molecule has 0 atom stereocenters. The molecule has 0 bridgehead atoms. The molecular formula is C15H22N2. The van der Waals surface area contributed by atoms with Crippen molar-refractivity contribution in [3.05, 3.63) is 23.3 Å². The molecule has 2 fully saturated rings. The lowest BCUT2D eigenvalue weighted by atomic mass is 9.77. The van der Waals surface area contributed by atoms with Crippen LogP contribution in [0.2, 0.25) is 0 Å². The molecule has 1 aliphatic heterocycles. The largest absolute Gasteiger partial charge is 0.399 e. The van der Waals surface area contributed by atoms with Crippen LogP contribution in [0, 0.1) is 19.3 Å². The molecule has 1 aromatic carbocycles. The van der Waals surface area contributed by atoms with E-state index in [2.05, 4.69) is 30.9 Å². The fourth-order valence-corrected chi connectivity index (χ4v) is 3.54. The van der Waals surface area contributed by atoms with E-state index in [4.69, 9.17) is 5.73 Å². The van der Waals surface area contributed by atoms with Gasteiger partial charge < -0.3 is 10.6 Å². The highest BCUT2D eigenvalue weighted by Gasteiger charge is 2.44. The summed E-state index contributed by atoms with van der Waals surface area (Å²) in [5.41, 5.74) is 11.5. The number of aryl methyl sites for hydroxylation is 2. The third kappa shape index (κ3) is 1.70. The van der Waals surface area contributed by atoms with Gasteiger partial charge in [0.1, 0.15) is 0 Å². The molecule has 17 heavy (non-hydrogen) atoms. The second-order valence-electron chi connectivity index (χ2n) is 6.06. The van der Waals surface area contributed by atoms with Crippen molar-refractivity contribution >= 4 is 11.4 Å². The molecular weight excluding hydrogens is 208 g/mol. The van der Waals surface area contributed by atoms with Gasteiger partial charge in [-0.2, -0.15) is 0 Å². The fraction of sp³-hybridized carbons (Fsp3) is 0.600. The number of nitrogen functional groups attached to an aromatic ring is 1. The molecule has 2 nitrogen and oxygen atoms in total. The maximum Gasteiger partial charge on any atom is 0.0400 e. The summed E-state index contributed by atoms with van der Waals surface area (Å²) in [5.74, 6) is 0. The van der Waals surface area contributed by atoms with Crippen LogP contribution in [0.1, 0.15) is 36.8 Å². The molecule has 2 aliphatic rings. The Hall–Kier alpha value is -1.18. The van der Waals surface area contributed by atoms with Crippen LogP contribution in [0.15, 0.2) is 12.1 Å². The van der Waals surface area contributed by atoms with Crippen molar-refractivity contribution in [1.82, 2.24) is 0 Å². The second-order valence-corrected chi connectivity index (χ2v) is 6.06. The molecule has 1 aromatic rings. The Morgan fingerprint density at radius 3 is 2.35 bits per heavy atom. The molecule has 2 heteroatoms. The highest BCUT2D eigenvalue weighted by atomic mass is 15.2. The minimum absolute atomic E-state index is 0.668. The summed E-state index contributed by atoms with van der Waals surface area (Å²) in [5, 5.41) is 0. The second kappa shape index (κ2) is 3.66. The summed E-state index contributed by atoms with van der Waals surface area (Å²) in [4.78, 5) is 2.53. The molecule has 0 aromatic heterocycles. The number of rotatable bonds is 1. The Balaban J connectivity index is 1.80. The van der Waals surface area contributed by atoms with Crippen molar-refractivity contribution in [2.45, 2.75) is 39.5 Å². The highest BCUT2D eigenvalue weighted by molar-refractivity contribution is 5.64. The summed E-state index contributed by atoms with van der Waals surface area (Å²) in [6.45, 7) is 6.79. The van der Waals surface area contributed by atoms with Gasteiger partial charge in [-0.05, 0) is 49.9 Å². The van der Waals surface area contributed by atoms with Gasteiger partial charge in [-0.1, -0.05) is 12.8 Å². The average Bonchev–Trinajstić information content (AvgIpc) is 2.70. The minimum atomic E-state index is 0.668. The van der Waals surface area contributed by atoms with Crippen LogP contribution in [0.3, 0.4) is 0 Å². The molecule has 92 valence electrons. The first-order valence-corrected chi connectivity index (χ1v) is 6.71. The molecule has 0 radical (unpaired) electrons. The first-order chi connectivity index (χ1) is 8.10. The average molecular weight is 230 g/mol. The van der Waals surface area contributed by atoms with Gasteiger partial charge in [-0.15, -0.1) is 0 Å². The smallest absolute Gasteiger partial charge is 0.0400 e. The molecule has 3 rings (SSSR count). The number of nitrogens with two attached hydrogens (primary N) is 1. The molecule has 1 heterocycles. The minimum Gasteiger partial charge on any atom is -0.399 e. The molecule has 1 saturated carbocycles. The van der Waals surface area contributed by atoms with Crippen LogP contribution in [-0.2, 0) is 0 Å². The zero-order valence-electron chi connectivity index (χ0n) is 10.9. The zero-order valence-corrected chi connectivity index (χ0v) is 10.9. The van der Waals surface area contributed by atoms with Gasteiger partial charge in [0.25, 0.3) is 0 Å². The monoisotopic (exact) mass is 230 g/mol. The topological polar surface area (TPSA) is 29.3 Å². The molecule has 2 N–H and O–H groups in total. The number of nitrogens with zero attached hydrogens (tertiary/aromatic N) is 1. The number of hydrogen-bond donors (Lipinski definition) is 1. The maximum absolute atomic E-state index is 5.95. The summed E-state index contributed by atoms with van der Waals surface area (Å²) < 4.78 is 0. The van der Waals surface area contributed by atoms with E-state index >= 15 is 0 Å². The fourth-order valence-electron chi connectivity index (χ4n) is 3.54. The van der Waals surface area contributed by atoms with Gasteiger partial charge in [0.05, 0.1) is 0 Å². The Kier molecular flexibility index (Phi) is 2.35. The van der Waals surface area contributed by atoms with Crippen molar-refractivity contribution in [3.8, 4) is 0 Å². The normalized spacial score (nSPS) is 21.9. The zero-order chi connectivity index (χ0) is 12.0. The first kappa shape index (κ1) is 10.9. The predicted octanol–water partition coefficient (Wildman–Crippen LogP) is 3.27. The van der Waals surface area contributed by atoms with E-state index in [0.29, 0.717) is 5.41 Å². The first-order valence-electron chi connectivity index (χ1n) is 6.71. The van der Waals surface area contributed by atoms with Gasteiger partial charge in [0.15, 0.2) is 0 Å². The van der Waals surface area contributed by atoms with Crippen molar-refractivity contribution < 1.29 is 0 Å². The lowest BCUT2D eigenvalue weighted by molar-refractivity contribution is 0.221. The van der Waals surface area contributed by atoms with Gasteiger partial charge >= 0.3 is 0 Å². The standard InChI is InChI=1S/C15H22N2/c1-11-8-14(12(2)7-13(11)16)17-9-15(10-17)5-3-4-6-15/h7-8H,3-6,9-10,16H2,1-2H3. The molecule has 0 unspecified atom stereocenters. The Labute approximate surface area is 104 Å². The van der Waals surface area contributed by atoms with Crippen LogP contribution in [0.4, 0.5) is 11.4 Å². The van der Waals surface area contributed by atoms with E-state index in [0.717, 1.165) is 5.69 Å². The van der Waals surface area contributed by atoms with Crippen LogP contribution >= 0.6 is 0 Å². The maximum atomic E-state index is 5.95. The third-order valence-corrected chi connectivity index (χ3v) is 4.64. The van der Waals surface area contributed by atoms with Gasteiger partial charge in [0, 0.05) is 29.9 Å². The SMILES string of the molecule is Cc1cc(N2CC3(CCCC3)C2)c(C)cc1N. The van der Waals surface area contributed by atoms with Gasteiger partial charge in [-0.25, -0.2) is 0 Å². The Morgan fingerprint density at radius 1 is 1.06 bits per heavy atom. The van der Waals surface area contributed by atoms with Crippen molar-refractivity contribution in [2.75, 3.05) is 23.7 Å². The Bertz CT molecular complexity index is 436. The summed E-state index contributed by atoms with van der Waals surface area (Å²) in [6, 6.07) is 4.37. The lowest BCUT2D eigenvalue weighted by Gasteiger charge is -2.50. The summed E-state index contributed by atoms with van der Waals surface area (Å²) >= 11 is 0. The number of anilines is 2. The van der Waals surface area contributed by atoms with Crippen LogP contribution in [0.25, 0.3) is 0 Å². The summed E-state index contributed by atoms with van der Waals surface area (Å²) in [7, 11) is 0. The van der Waals surface area contributed by atoms with E-state index in [9.17, 15) is 0 Å². The number of hydrogen-bond acceptors (Lipinski definition) is 2.